The lowest BCUT2D eigenvalue weighted by atomic mass is 10.2. The molecule has 1 aromatic rings. The van der Waals surface area contributed by atoms with Gasteiger partial charge < -0.3 is 5.11 Å². The van der Waals surface area contributed by atoms with E-state index < -0.39 is 12.0 Å². The maximum Gasteiger partial charge on any atom is 0.328 e. The molecule has 0 fully saturated rings. The maximum atomic E-state index is 10.7. The van der Waals surface area contributed by atoms with Gasteiger partial charge in [-0.15, -0.1) is 0 Å². The smallest absolute Gasteiger partial charge is 0.328 e. The van der Waals surface area contributed by atoms with Crippen LogP contribution in [-0.2, 0) is 4.79 Å². The van der Waals surface area contributed by atoms with Gasteiger partial charge in [0.15, 0.2) is 0 Å². The van der Waals surface area contributed by atoms with Gasteiger partial charge in [0.25, 0.3) is 0 Å². The van der Waals surface area contributed by atoms with E-state index >= 15 is 0 Å². The van der Waals surface area contributed by atoms with Gasteiger partial charge in [-0.2, -0.15) is 5.10 Å². The molecule has 0 aliphatic rings. The second-order valence-corrected chi connectivity index (χ2v) is 3.25. The number of carboxylic acids is 1. The van der Waals surface area contributed by atoms with Gasteiger partial charge in [0.05, 0.1) is 5.69 Å². The molecule has 0 unspecified atom stereocenters. The highest BCUT2D eigenvalue weighted by Crippen LogP contribution is 2.15. The minimum Gasteiger partial charge on any atom is -0.480 e. The molecule has 4 heteroatoms. The number of aliphatic carboxylic acids is 1. The first-order chi connectivity index (χ1) is 5.95. The summed E-state index contributed by atoms with van der Waals surface area (Å²) in [6, 6.07) is -0.590. The van der Waals surface area contributed by atoms with Crippen LogP contribution in [0.4, 0.5) is 0 Å². The van der Waals surface area contributed by atoms with E-state index in [2.05, 4.69) is 5.10 Å². The van der Waals surface area contributed by atoms with Crippen LogP contribution in [0.5, 0.6) is 0 Å². The largest absolute Gasteiger partial charge is 0.480 e. The fourth-order valence-corrected chi connectivity index (χ4v) is 1.23. The van der Waals surface area contributed by atoms with Crippen molar-refractivity contribution in [2.75, 3.05) is 0 Å². The summed E-state index contributed by atoms with van der Waals surface area (Å²) in [5, 5.41) is 13.0. The number of carboxylic acid groups (broad SMARTS) is 1. The van der Waals surface area contributed by atoms with Gasteiger partial charge in [-0.25, -0.2) is 4.79 Å². The lowest BCUT2D eigenvalue weighted by Crippen LogP contribution is -2.18. The number of rotatable bonds is 2. The van der Waals surface area contributed by atoms with Crippen molar-refractivity contribution in [2.24, 2.45) is 0 Å². The highest BCUT2D eigenvalue weighted by atomic mass is 16.4. The van der Waals surface area contributed by atoms with Gasteiger partial charge in [-0.1, -0.05) is 0 Å². The summed E-state index contributed by atoms with van der Waals surface area (Å²) < 4.78 is 1.55. The molecule has 0 saturated carbocycles. The van der Waals surface area contributed by atoms with Crippen molar-refractivity contribution < 1.29 is 9.90 Å². The monoisotopic (exact) mass is 182 g/mol. The molecule has 72 valence electrons. The van der Waals surface area contributed by atoms with Crippen molar-refractivity contribution in [3.05, 3.63) is 17.0 Å². The zero-order valence-electron chi connectivity index (χ0n) is 8.33. The quantitative estimate of drug-likeness (QED) is 0.753. The second-order valence-electron chi connectivity index (χ2n) is 3.25. The molecule has 1 rings (SSSR count). The van der Waals surface area contributed by atoms with Gasteiger partial charge in [0, 0.05) is 5.69 Å². The van der Waals surface area contributed by atoms with Gasteiger partial charge in [-0.05, 0) is 33.3 Å². The van der Waals surface area contributed by atoms with Crippen molar-refractivity contribution in [3.8, 4) is 0 Å². The Hall–Kier alpha value is -1.32. The number of aryl methyl sites for hydroxylation is 1. The van der Waals surface area contributed by atoms with Gasteiger partial charge in [0.1, 0.15) is 6.04 Å². The summed E-state index contributed by atoms with van der Waals surface area (Å²) >= 11 is 0. The van der Waals surface area contributed by atoms with E-state index in [0.717, 1.165) is 17.0 Å². The summed E-state index contributed by atoms with van der Waals surface area (Å²) in [4.78, 5) is 10.7. The maximum absolute atomic E-state index is 10.7. The Kier molecular flexibility index (Phi) is 2.40. The van der Waals surface area contributed by atoms with Crippen LogP contribution >= 0.6 is 0 Å². The molecule has 1 aromatic heterocycles. The Morgan fingerprint density at radius 2 is 2.00 bits per heavy atom. The molecule has 0 amide bonds. The summed E-state index contributed by atoms with van der Waals surface area (Å²) in [7, 11) is 0. The van der Waals surface area contributed by atoms with Crippen molar-refractivity contribution in [2.45, 2.75) is 33.7 Å². The number of carbonyl (C=O) groups is 1. The molecule has 4 nitrogen and oxygen atoms in total. The first-order valence-electron chi connectivity index (χ1n) is 4.20. The average Bonchev–Trinajstić information content (AvgIpc) is 2.31. The van der Waals surface area contributed by atoms with E-state index in [9.17, 15) is 4.79 Å². The van der Waals surface area contributed by atoms with Crippen molar-refractivity contribution >= 4 is 5.97 Å². The Morgan fingerprint density at radius 1 is 1.46 bits per heavy atom. The highest BCUT2D eigenvalue weighted by molar-refractivity contribution is 5.71. The van der Waals surface area contributed by atoms with Crippen molar-refractivity contribution in [1.82, 2.24) is 9.78 Å². The molecule has 0 aliphatic heterocycles. The third-order valence-electron chi connectivity index (χ3n) is 2.41. The molecule has 1 atom stereocenters. The van der Waals surface area contributed by atoms with Gasteiger partial charge in [-0.3, -0.25) is 4.68 Å². The Morgan fingerprint density at radius 3 is 2.31 bits per heavy atom. The predicted molar refractivity (Wildman–Crippen MR) is 48.8 cm³/mol. The van der Waals surface area contributed by atoms with Crippen LogP contribution in [-0.4, -0.2) is 20.9 Å². The highest BCUT2D eigenvalue weighted by Gasteiger charge is 2.18. The molecule has 0 aromatic carbocycles. The molecule has 1 N–H and O–H groups in total. The third-order valence-corrected chi connectivity index (χ3v) is 2.41. The van der Waals surface area contributed by atoms with Crippen LogP contribution in [0, 0.1) is 20.8 Å². The minimum atomic E-state index is -0.856. The Balaban J connectivity index is 3.15. The third kappa shape index (κ3) is 1.56. The van der Waals surface area contributed by atoms with E-state index in [1.54, 1.807) is 11.6 Å². The molecule has 0 radical (unpaired) electrons. The summed E-state index contributed by atoms with van der Waals surface area (Å²) in [5.74, 6) is -0.856. The average molecular weight is 182 g/mol. The lowest BCUT2D eigenvalue weighted by molar-refractivity contribution is -0.140. The van der Waals surface area contributed by atoms with E-state index in [0.29, 0.717) is 0 Å². The summed E-state index contributed by atoms with van der Waals surface area (Å²) in [6.45, 7) is 7.34. The molecule has 13 heavy (non-hydrogen) atoms. The molecule has 0 bridgehead atoms. The molecular formula is C9H14N2O2. The molecular weight excluding hydrogens is 168 g/mol. The van der Waals surface area contributed by atoms with Crippen molar-refractivity contribution in [1.29, 1.82) is 0 Å². The number of hydrogen-bond donors (Lipinski definition) is 1. The lowest BCUT2D eigenvalue weighted by Gasteiger charge is -2.08. The molecule has 0 saturated heterocycles. The first kappa shape index (κ1) is 9.77. The number of nitrogens with zero attached hydrogens (tertiary/aromatic N) is 2. The van der Waals surface area contributed by atoms with E-state index in [1.165, 1.54) is 0 Å². The minimum absolute atomic E-state index is 0.590. The Labute approximate surface area is 77.2 Å². The second kappa shape index (κ2) is 3.20. The molecule has 0 spiro atoms. The fraction of sp³-hybridized carbons (Fsp3) is 0.556. The predicted octanol–water partition coefficient (Wildman–Crippen LogP) is 1.45. The molecule has 1 heterocycles. The zero-order valence-corrected chi connectivity index (χ0v) is 8.33. The van der Waals surface area contributed by atoms with Crippen LogP contribution < -0.4 is 0 Å². The van der Waals surface area contributed by atoms with Crippen LogP contribution in [0.2, 0.25) is 0 Å². The fourth-order valence-electron chi connectivity index (χ4n) is 1.23. The van der Waals surface area contributed by atoms with Crippen LogP contribution in [0.25, 0.3) is 0 Å². The van der Waals surface area contributed by atoms with Gasteiger partial charge >= 0.3 is 5.97 Å². The van der Waals surface area contributed by atoms with Gasteiger partial charge in [0.2, 0.25) is 0 Å². The Bertz CT molecular complexity index is 342. The zero-order chi connectivity index (χ0) is 10.2. The topological polar surface area (TPSA) is 55.1 Å². The van der Waals surface area contributed by atoms with E-state index in [-0.39, 0.29) is 0 Å². The number of hydrogen-bond acceptors (Lipinski definition) is 2. The van der Waals surface area contributed by atoms with Crippen LogP contribution in [0.3, 0.4) is 0 Å². The standard InChI is InChI=1S/C9H14N2O2/c1-5-6(2)10-11(7(5)3)8(4)9(12)13/h8H,1-4H3,(H,12,13)/t8-/m1/s1. The van der Waals surface area contributed by atoms with Crippen molar-refractivity contribution in [3.63, 3.8) is 0 Å². The van der Waals surface area contributed by atoms with E-state index in [1.807, 2.05) is 20.8 Å². The first-order valence-corrected chi connectivity index (χ1v) is 4.20. The summed E-state index contributed by atoms with van der Waals surface area (Å²) in [5.41, 5.74) is 2.88. The number of aromatic nitrogens is 2. The van der Waals surface area contributed by atoms with E-state index in [4.69, 9.17) is 5.11 Å². The summed E-state index contributed by atoms with van der Waals surface area (Å²) in [6.07, 6.45) is 0. The normalized spacial score (nSPS) is 12.9. The van der Waals surface area contributed by atoms with Crippen LogP contribution in [0.15, 0.2) is 0 Å². The van der Waals surface area contributed by atoms with Crippen LogP contribution in [0.1, 0.15) is 29.9 Å². The SMILES string of the molecule is Cc1nn([C@H](C)C(=O)O)c(C)c1C. The molecule has 0 aliphatic carbocycles.